The van der Waals surface area contributed by atoms with E-state index in [9.17, 15) is 0 Å². The molecule has 1 aromatic carbocycles. The number of benzene rings is 1. The van der Waals surface area contributed by atoms with Gasteiger partial charge in [-0.05, 0) is 29.8 Å². The van der Waals surface area contributed by atoms with E-state index >= 15 is 0 Å². The van der Waals surface area contributed by atoms with Crippen LogP contribution < -0.4 is 14.8 Å². The van der Waals surface area contributed by atoms with Crippen LogP contribution in [0.4, 0.5) is 0 Å². The minimum absolute atomic E-state index is 0.529. The van der Waals surface area contributed by atoms with Gasteiger partial charge in [-0.2, -0.15) is 0 Å². The van der Waals surface area contributed by atoms with Gasteiger partial charge < -0.3 is 24.3 Å². The van der Waals surface area contributed by atoms with Crippen molar-refractivity contribution in [3.8, 4) is 11.5 Å². The Hall–Kier alpha value is -2.34. The highest BCUT2D eigenvalue weighted by molar-refractivity contribution is 6.32. The zero-order valence-corrected chi connectivity index (χ0v) is 15.5. The highest BCUT2D eigenvalue weighted by Crippen LogP contribution is 2.38. The molecule has 1 aliphatic heterocycles. The average Bonchev–Trinajstić information content (AvgIpc) is 3.00. The molecule has 25 heavy (non-hydrogen) atoms. The quantitative estimate of drug-likeness (QED) is 0.671. The van der Waals surface area contributed by atoms with E-state index in [1.54, 1.807) is 7.05 Å². The van der Waals surface area contributed by atoms with Gasteiger partial charge in [0.15, 0.2) is 17.5 Å². The zero-order chi connectivity index (χ0) is 17.8. The van der Waals surface area contributed by atoms with Crippen molar-refractivity contribution in [3.63, 3.8) is 0 Å². The summed E-state index contributed by atoms with van der Waals surface area (Å²) >= 11 is 6.30. The number of nitrogens with one attached hydrogen (secondary N) is 1. The predicted octanol–water partition coefficient (Wildman–Crippen LogP) is 2.66. The van der Waals surface area contributed by atoms with E-state index in [4.69, 9.17) is 21.1 Å². The molecule has 0 atom stereocenters. The third-order valence-corrected chi connectivity index (χ3v) is 4.41. The second kappa shape index (κ2) is 7.70. The minimum Gasteiger partial charge on any atom is -0.486 e. The van der Waals surface area contributed by atoms with Gasteiger partial charge in [0.1, 0.15) is 13.2 Å². The molecule has 1 N–H and O–H groups in total. The molecule has 0 bridgehead atoms. The van der Waals surface area contributed by atoms with Crippen molar-refractivity contribution in [3.05, 3.63) is 46.7 Å². The molecule has 0 spiro atoms. The van der Waals surface area contributed by atoms with Crippen molar-refractivity contribution in [1.82, 2.24) is 14.8 Å². The van der Waals surface area contributed by atoms with Crippen LogP contribution in [0.15, 0.2) is 35.5 Å². The van der Waals surface area contributed by atoms with Crippen LogP contribution in [0.1, 0.15) is 11.3 Å². The van der Waals surface area contributed by atoms with Crippen LogP contribution in [0, 0.1) is 0 Å². The Labute approximate surface area is 153 Å². The highest BCUT2D eigenvalue weighted by atomic mass is 35.5. The maximum Gasteiger partial charge on any atom is 0.194 e. The molecule has 0 saturated heterocycles. The van der Waals surface area contributed by atoms with E-state index in [1.807, 2.05) is 38.5 Å². The van der Waals surface area contributed by atoms with Gasteiger partial charge in [0.25, 0.3) is 0 Å². The summed E-state index contributed by atoms with van der Waals surface area (Å²) in [5, 5.41) is 3.93. The molecule has 1 aromatic heterocycles. The van der Waals surface area contributed by atoms with Crippen molar-refractivity contribution in [2.45, 2.75) is 13.1 Å². The number of ether oxygens (including phenoxy) is 2. The van der Waals surface area contributed by atoms with E-state index in [0.29, 0.717) is 36.3 Å². The lowest BCUT2D eigenvalue weighted by Crippen LogP contribution is -2.38. The number of aromatic nitrogens is 1. The Morgan fingerprint density at radius 1 is 1.36 bits per heavy atom. The summed E-state index contributed by atoms with van der Waals surface area (Å²) in [4.78, 5) is 6.43. The van der Waals surface area contributed by atoms with Crippen molar-refractivity contribution in [1.29, 1.82) is 0 Å². The largest absolute Gasteiger partial charge is 0.486 e. The lowest BCUT2D eigenvalue weighted by atomic mass is 10.2. The number of aliphatic imine (C=N–C) groups is 1. The van der Waals surface area contributed by atoms with E-state index in [0.717, 1.165) is 18.1 Å². The lowest BCUT2D eigenvalue weighted by molar-refractivity contribution is 0.171. The molecule has 0 fully saturated rings. The molecule has 1 aliphatic rings. The van der Waals surface area contributed by atoms with Gasteiger partial charge in [-0.15, -0.1) is 0 Å². The van der Waals surface area contributed by atoms with Gasteiger partial charge in [-0.3, -0.25) is 4.99 Å². The van der Waals surface area contributed by atoms with E-state index in [2.05, 4.69) is 25.8 Å². The van der Waals surface area contributed by atoms with Gasteiger partial charge in [0, 0.05) is 39.6 Å². The van der Waals surface area contributed by atoms with Crippen molar-refractivity contribution >= 4 is 17.6 Å². The highest BCUT2D eigenvalue weighted by Gasteiger charge is 2.17. The van der Waals surface area contributed by atoms with Crippen LogP contribution in [0.2, 0.25) is 5.02 Å². The second-order valence-corrected chi connectivity index (χ2v) is 6.38. The van der Waals surface area contributed by atoms with Crippen LogP contribution >= 0.6 is 11.6 Å². The van der Waals surface area contributed by atoms with Crippen molar-refractivity contribution < 1.29 is 9.47 Å². The topological polar surface area (TPSA) is 51.0 Å². The fraction of sp³-hybridized carbons (Fsp3) is 0.389. The van der Waals surface area contributed by atoms with Crippen LogP contribution in [-0.2, 0) is 20.1 Å². The number of fused-ring (bicyclic) bond motifs is 1. The molecule has 134 valence electrons. The average molecular weight is 363 g/mol. The molecular formula is C18H23ClN4O2. The molecular weight excluding hydrogens is 340 g/mol. The summed E-state index contributed by atoms with van der Waals surface area (Å²) in [5.74, 6) is 2.14. The summed E-state index contributed by atoms with van der Waals surface area (Å²) in [6.07, 6.45) is 2.04. The van der Waals surface area contributed by atoms with Crippen LogP contribution in [0.25, 0.3) is 0 Å². The smallest absolute Gasteiger partial charge is 0.194 e. The minimum atomic E-state index is 0.529. The number of guanidine groups is 1. The summed E-state index contributed by atoms with van der Waals surface area (Å²) in [7, 11) is 5.83. The number of nitrogens with zero attached hydrogens (tertiary/aromatic N) is 3. The third kappa shape index (κ3) is 4.02. The summed E-state index contributed by atoms with van der Waals surface area (Å²) < 4.78 is 13.3. The number of rotatable bonds is 4. The summed E-state index contributed by atoms with van der Waals surface area (Å²) in [6.45, 7) is 2.44. The van der Waals surface area contributed by atoms with Gasteiger partial charge in [0.2, 0.25) is 0 Å². The van der Waals surface area contributed by atoms with Crippen LogP contribution in [-0.4, -0.2) is 42.7 Å². The third-order valence-electron chi connectivity index (χ3n) is 4.13. The van der Waals surface area contributed by atoms with Crippen molar-refractivity contribution in [2.75, 3.05) is 27.3 Å². The molecule has 2 heterocycles. The fourth-order valence-electron chi connectivity index (χ4n) is 2.81. The Kier molecular flexibility index (Phi) is 5.38. The number of hydrogen-bond acceptors (Lipinski definition) is 3. The maximum atomic E-state index is 6.30. The monoisotopic (exact) mass is 362 g/mol. The SMILES string of the molecule is CN=C(NCc1cc(Cl)c2c(c1)OCCO2)N(C)Cc1cccn1C. The summed E-state index contributed by atoms with van der Waals surface area (Å²) in [5.41, 5.74) is 2.23. The molecule has 0 saturated carbocycles. The summed E-state index contributed by atoms with van der Waals surface area (Å²) in [6, 6.07) is 7.99. The molecule has 2 aromatic rings. The van der Waals surface area contributed by atoms with Gasteiger partial charge in [-0.25, -0.2) is 0 Å². The Bertz CT molecular complexity index is 772. The fourth-order valence-corrected chi connectivity index (χ4v) is 3.10. The first kappa shape index (κ1) is 17.5. The number of hydrogen-bond donors (Lipinski definition) is 1. The standard InChI is InChI=1S/C18H23ClN4O2/c1-20-18(23(3)12-14-5-4-6-22(14)2)21-11-13-9-15(19)17-16(10-13)24-7-8-25-17/h4-6,9-10H,7-8,11-12H2,1-3H3,(H,20,21). The molecule has 7 heteroatoms. The molecule has 0 aliphatic carbocycles. The molecule has 0 radical (unpaired) electrons. The van der Waals surface area contributed by atoms with Gasteiger partial charge in [-0.1, -0.05) is 11.6 Å². The zero-order valence-electron chi connectivity index (χ0n) is 14.8. The normalized spacial score (nSPS) is 13.7. The first-order valence-corrected chi connectivity index (χ1v) is 8.56. The Morgan fingerprint density at radius 2 is 2.16 bits per heavy atom. The number of aryl methyl sites for hydroxylation is 1. The van der Waals surface area contributed by atoms with Crippen molar-refractivity contribution in [2.24, 2.45) is 12.0 Å². The predicted molar refractivity (Wildman–Crippen MR) is 99.5 cm³/mol. The Balaban J connectivity index is 1.65. The first-order chi connectivity index (χ1) is 12.1. The van der Waals surface area contributed by atoms with Crippen LogP contribution in [0.3, 0.4) is 0 Å². The molecule has 0 amide bonds. The van der Waals surface area contributed by atoms with Gasteiger partial charge in [0.05, 0.1) is 11.6 Å². The lowest BCUT2D eigenvalue weighted by Gasteiger charge is -2.23. The van der Waals surface area contributed by atoms with E-state index < -0.39 is 0 Å². The Morgan fingerprint density at radius 3 is 2.88 bits per heavy atom. The second-order valence-electron chi connectivity index (χ2n) is 5.97. The molecule has 3 rings (SSSR count). The first-order valence-electron chi connectivity index (χ1n) is 8.18. The maximum absolute atomic E-state index is 6.30. The number of halogens is 1. The van der Waals surface area contributed by atoms with Crippen LogP contribution in [0.5, 0.6) is 11.5 Å². The molecule has 0 unspecified atom stereocenters. The van der Waals surface area contributed by atoms with E-state index in [-0.39, 0.29) is 0 Å². The van der Waals surface area contributed by atoms with Gasteiger partial charge >= 0.3 is 0 Å². The molecule has 6 nitrogen and oxygen atoms in total. The van der Waals surface area contributed by atoms with E-state index in [1.165, 1.54) is 5.69 Å².